The molecule has 0 amide bonds. The van der Waals surface area contributed by atoms with Crippen LogP contribution in [0.3, 0.4) is 0 Å². The van der Waals surface area contributed by atoms with Crippen LogP contribution in [0.5, 0.6) is 5.75 Å². The summed E-state index contributed by atoms with van der Waals surface area (Å²) in [4.78, 5) is 0. The van der Waals surface area contributed by atoms with Crippen molar-refractivity contribution in [2.45, 2.75) is 36.7 Å². The number of ether oxygens (including phenoxy) is 1. The van der Waals surface area contributed by atoms with Gasteiger partial charge in [-0.2, -0.15) is 0 Å². The summed E-state index contributed by atoms with van der Waals surface area (Å²) in [6.07, 6.45) is 3.26. The van der Waals surface area contributed by atoms with Gasteiger partial charge in [0.05, 0.1) is 7.11 Å². The number of methoxy groups -OCH3 is 1. The van der Waals surface area contributed by atoms with Gasteiger partial charge < -0.3 is 4.74 Å². The molecule has 4 rings (SSSR count). The van der Waals surface area contributed by atoms with Crippen molar-refractivity contribution in [1.82, 2.24) is 14.9 Å². The third-order valence-corrected chi connectivity index (χ3v) is 6.18. The first-order chi connectivity index (χ1) is 11.3. The van der Waals surface area contributed by atoms with Crippen molar-refractivity contribution in [3.05, 3.63) is 46.1 Å². The average Bonchev–Trinajstić information content (AvgIpc) is 3.24. The summed E-state index contributed by atoms with van der Waals surface area (Å²) in [5.41, 5.74) is 1.26. The van der Waals surface area contributed by atoms with Crippen LogP contribution in [0.4, 0.5) is 0 Å². The van der Waals surface area contributed by atoms with Crippen LogP contribution in [0.25, 0.3) is 0 Å². The molecular weight excluding hydrogens is 328 g/mol. The fourth-order valence-electron chi connectivity index (χ4n) is 2.77. The molecule has 0 saturated heterocycles. The highest BCUT2D eigenvalue weighted by Gasteiger charge is 2.39. The van der Waals surface area contributed by atoms with Gasteiger partial charge in [-0.1, -0.05) is 37.2 Å². The maximum atomic E-state index is 5.26. The standard InChI is InChI=1S/C16H18N4OS2/c1-3-4-5-13-17-18-16-19(13)20-14(23-16)10-22-15(20)11-6-8-12(21-2)9-7-11/h6-10,15H,3-5H2,1-2H3. The van der Waals surface area contributed by atoms with Crippen molar-refractivity contribution in [3.8, 4) is 5.75 Å². The second kappa shape index (κ2) is 6.13. The van der Waals surface area contributed by atoms with Gasteiger partial charge in [-0.3, -0.25) is 5.01 Å². The summed E-state index contributed by atoms with van der Waals surface area (Å²) < 4.78 is 7.46. The van der Waals surface area contributed by atoms with Gasteiger partial charge in [-0.25, -0.2) is 4.68 Å². The number of rotatable bonds is 5. The SMILES string of the molecule is CCCCc1nnc2n1N1C(=CSC1c1ccc(OC)cc1)S2. The van der Waals surface area contributed by atoms with Crippen LogP contribution < -0.4 is 9.75 Å². The van der Waals surface area contributed by atoms with Gasteiger partial charge in [0.15, 0.2) is 5.82 Å². The van der Waals surface area contributed by atoms with E-state index in [1.807, 2.05) is 23.9 Å². The van der Waals surface area contributed by atoms with Crippen LogP contribution in [0.15, 0.2) is 39.9 Å². The van der Waals surface area contributed by atoms with Gasteiger partial charge in [0.2, 0.25) is 5.16 Å². The largest absolute Gasteiger partial charge is 0.497 e. The maximum absolute atomic E-state index is 5.26. The van der Waals surface area contributed by atoms with Crippen molar-refractivity contribution in [2.75, 3.05) is 12.1 Å². The monoisotopic (exact) mass is 346 g/mol. The minimum atomic E-state index is 0.223. The minimum Gasteiger partial charge on any atom is -0.497 e. The number of unbranched alkanes of at least 4 members (excludes halogenated alkanes) is 1. The van der Waals surface area contributed by atoms with Crippen LogP contribution in [0, 0.1) is 0 Å². The second-order valence-electron chi connectivity index (χ2n) is 5.48. The van der Waals surface area contributed by atoms with Crippen LogP contribution in [-0.2, 0) is 6.42 Å². The van der Waals surface area contributed by atoms with E-state index in [9.17, 15) is 0 Å². The molecule has 7 heteroatoms. The van der Waals surface area contributed by atoms with Crippen LogP contribution in [0.1, 0.15) is 36.5 Å². The predicted octanol–water partition coefficient (Wildman–Crippen LogP) is 3.92. The fourth-order valence-corrected chi connectivity index (χ4v) is 5.02. The number of aromatic nitrogens is 3. The molecule has 2 aromatic rings. The van der Waals surface area contributed by atoms with E-state index in [0.29, 0.717) is 0 Å². The highest BCUT2D eigenvalue weighted by Crippen LogP contribution is 2.51. The third kappa shape index (κ3) is 2.52. The van der Waals surface area contributed by atoms with E-state index >= 15 is 0 Å². The Bertz CT molecular complexity index is 741. The summed E-state index contributed by atoms with van der Waals surface area (Å²) >= 11 is 3.52. The molecule has 1 atom stereocenters. The quantitative estimate of drug-likeness (QED) is 0.817. The van der Waals surface area contributed by atoms with E-state index in [1.165, 1.54) is 10.6 Å². The molecular formula is C16H18N4OS2. The number of hydrogen-bond donors (Lipinski definition) is 0. The Morgan fingerprint density at radius 1 is 1.22 bits per heavy atom. The molecule has 0 bridgehead atoms. The second-order valence-corrected chi connectivity index (χ2v) is 7.42. The molecule has 0 saturated carbocycles. The average molecular weight is 346 g/mol. The Labute approximate surface area is 144 Å². The number of fused-ring (bicyclic) bond motifs is 3. The Morgan fingerprint density at radius 2 is 2.04 bits per heavy atom. The van der Waals surface area contributed by atoms with Gasteiger partial charge in [0, 0.05) is 11.8 Å². The van der Waals surface area contributed by atoms with Gasteiger partial charge in [-0.05, 0) is 35.9 Å². The molecule has 0 fully saturated rings. The van der Waals surface area contributed by atoms with Crippen molar-refractivity contribution >= 4 is 23.5 Å². The minimum absolute atomic E-state index is 0.223. The summed E-state index contributed by atoms with van der Waals surface area (Å²) in [7, 11) is 1.69. The zero-order valence-corrected chi connectivity index (χ0v) is 14.7. The Kier molecular flexibility index (Phi) is 3.98. The summed E-state index contributed by atoms with van der Waals surface area (Å²) in [6.45, 7) is 2.20. The number of hydrogen-bond acceptors (Lipinski definition) is 6. The molecule has 1 unspecified atom stereocenters. The van der Waals surface area contributed by atoms with E-state index in [4.69, 9.17) is 4.74 Å². The van der Waals surface area contributed by atoms with Gasteiger partial charge >= 0.3 is 0 Å². The molecule has 1 aromatic carbocycles. The van der Waals surface area contributed by atoms with Crippen LogP contribution in [0.2, 0.25) is 0 Å². The lowest BCUT2D eigenvalue weighted by Crippen LogP contribution is -2.30. The zero-order valence-electron chi connectivity index (χ0n) is 13.1. The topological polar surface area (TPSA) is 43.2 Å². The normalized spacial score (nSPS) is 18.8. The molecule has 2 aliphatic rings. The number of thioether (sulfide) groups is 2. The van der Waals surface area contributed by atoms with Crippen LogP contribution >= 0.6 is 23.5 Å². The molecule has 1 aromatic heterocycles. The molecule has 0 radical (unpaired) electrons. The highest BCUT2D eigenvalue weighted by molar-refractivity contribution is 8.07. The van der Waals surface area contributed by atoms with E-state index in [1.54, 1.807) is 18.9 Å². The Hall–Kier alpha value is -1.60. The van der Waals surface area contributed by atoms with Gasteiger partial charge in [0.25, 0.3) is 0 Å². The third-order valence-electron chi connectivity index (χ3n) is 3.99. The molecule has 5 nitrogen and oxygen atoms in total. The van der Waals surface area contributed by atoms with E-state index < -0.39 is 0 Å². The van der Waals surface area contributed by atoms with Crippen LogP contribution in [-0.4, -0.2) is 22.0 Å². The van der Waals surface area contributed by atoms with Crippen molar-refractivity contribution in [3.63, 3.8) is 0 Å². The van der Waals surface area contributed by atoms with Crippen molar-refractivity contribution in [2.24, 2.45) is 0 Å². The Balaban J connectivity index is 1.66. The van der Waals surface area contributed by atoms with E-state index in [2.05, 4.69) is 44.3 Å². The predicted molar refractivity (Wildman–Crippen MR) is 94.1 cm³/mol. The Morgan fingerprint density at radius 3 is 2.78 bits per heavy atom. The molecule has 23 heavy (non-hydrogen) atoms. The number of aryl methyl sites for hydroxylation is 1. The maximum Gasteiger partial charge on any atom is 0.216 e. The van der Waals surface area contributed by atoms with Gasteiger partial charge in [-0.15, -0.1) is 10.2 Å². The van der Waals surface area contributed by atoms with Crippen molar-refractivity contribution < 1.29 is 4.74 Å². The fraction of sp³-hybridized carbons (Fsp3) is 0.375. The summed E-state index contributed by atoms with van der Waals surface area (Å²) in [6, 6.07) is 8.29. The first-order valence-electron chi connectivity index (χ1n) is 7.73. The molecule has 3 heterocycles. The zero-order chi connectivity index (χ0) is 15.8. The lowest BCUT2D eigenvalue weighted by molar-refractivity contribution is 0.414. The lowest BCUT2D eigenvalue weighted by Gasteiger charge is -2.26. The number of benzene rings is 1. The number of nitrogens with zero attached hydrogens (tertiary/aromatic N) is 4. The summed E-state index contributed by atoms with van der Waals surface area (Å²) in [5, 5.41) is 15.7. The molecule has 0 aliphatic carbocycles. The lowest BCUT2D eigenvalue weighted by atomic mass is 10.2. The molecule has 0 spiro atoms. The summed E-state index contributed by atoms with van der Waals surface area (Å²) in [5.74, 6) is 1.94. The smallest absolute Gasteiger partial charge is 0.216 e. The molecule has 0 N–H and O–H groups in total. The highest BCUT2D eigenvalue weighted by atomic mass is 32.2. The molecule has 120 valence electrons. The first-order valence-corrected chi connectivity index (χ1v) is 9.49. The van der Waals surface area contributed by atoms with E-state index in [-0.39, 0.29) is 5.37 Å². The molecule has 2 aliphatic heterocycles. The first kappa shape index (κ1) is 15.0. The van der Waals surface area contributed by atoms with Crippen molar-refractivity contribution in [1.29, 1.82) is 0 Å². The van der Waals surface area contributed by atoms with E-state index in [0.717, 1.165) is 36.0 Å². The van der Waals surface area contributed by atoms with Gasteiger partial charge in [0.1, 0.15) is 16.2 Å².